The smallest absolute Gasteiger partial charge is 0.262 e. The second-order valence-corrected chi connectivity index (χ2v) is 6.58. The van der Waals surface area contributed by atoms with Gasteiger partial charge in [0.25, 0.3) is 11.8 Å². The van der Waals surface area contributed by atoms with Crippen LogP contribution in [0.2, 0.25) is 0 Å². The van der Waals surface area contributed by atoms with E-state index in [4.69, 9.17) is 9.47 Å². The zero-order valence-electron chi connectivity index (χ0n) is 15.7. The largest absolute Gasteiger partial charge is 0.484 e. The van der Waals surface area contributed by atoms with Crippen LogP contribution in [0.1, 0.15) is 17.5 Å². The van der Waals surface area contributed by atoms with E-state index in [1.165, 1.54) is 7.11 Å². The molecule has 0 saturated carbocycles. The van der Waals surface area contributed by atoms with Crippen LogP contribution in [0.4, 0.5) is 11.4 Å². The third-order valence-corrected chi connectivity index (χ3v) is 4.42. The number of methoxy groups -OCH3 is 1. The Morgan fingerprint density at radius 2 is 2.00 bits per heavy atom. The summed E-state index contributed by atoms with van der Waals surface area (Å²) >= 11 is 0. The van der Waals surface area contributed by atoms with Gasteiger partial charge < -0.3 is 19.7 Å². The summed E-state index contributed by atoms with van der Waals surface area (Å²) in [7, 11) is 1.51. The number of nitrogens with one attached hydrogen (secondary N) is 1. The minimum absolute atomic E-state index is 0.0420. The Hall–Kier alpha value is -2.86. The number of carbonyl (C=O) groups is 2. The fourth-order valence-corrected chi connectivity index (χ4v) is 3.16. The van der Waals surface area contributed by atoms with Crippen molar-refractivity contribution in [2.75, 3.05) is 37.1 Å². The van der Waals surface area contributed by atoms with Crippen LogP contribution in [0.25, 0.3) is 0 Å². The molecule has 2 amide bonds. The lowest BCUT2D eigenvalue weighted by Crippen LogP contribution is -2.37. The minimum Gasteiger partial charge on any atom is -0.484 e. The molecule has 6 nitrogen and oxygen atoms in total. The molecule has 0 atom stereocenters. The van der Waals surface area contributed by atoms with E-state index in [0.29, 0.717) is 18.0 Å². The number of fused-ring (bicyclic) bond motifs is 1. The molecule has 0 unspecified atom stereocenters. The summed E-state index contributed by atoms with van der Waals surface area (Å²) < 4.78 is 10.5. The molecule has 1 aliphatic heterocycles. The molecule has 6 heteroatoms. The van der Waals surface area contributed by atoms with Crippen LogP contribution < -0.4 is 15.0 Å². The first-order valence-electron chi connectivity index (χ1n) is 8.98. The van der Waals surface area contributed by atoms with Crippen molar-refractivity contribution in [1.82, 2.24) is 0 Å². The molecule has 0 spiro atoms. The Morgan fingerprint density at radius 1 is 1.15 bits per heavy atom. The third-order valence-electron chi connectivity index (χ3n) is 4.42. The van der Waals surface area contributed by atoms with Crippen LogP contribution in [0.15, 0.2) is 42.5 Å². The van der Waals surface area contributed by atoms with Crippen molar-refractivity contribution in [3.8, 4) is 5.75 Å². The minimum atomic E-state index is -0.248. The van der Waals surface area contributed by atoms with Crippen molar-refractivity contribution in [3.63, 3.8) is 0 Å². The lowest BCUT2D eigenvalue weighted by atomic mass is 10.0. The normalized spacial score (nSPS) is 13.0. The van der Waals surface area contributed by atoms with Crippen LogP contribution in [0.5, 0.6) is 5.75 Å². The van der Waals surface area contributed by atoms with E-state index in [2.05, 4.69) is 5.32 Å². The fourth-order valence-electron chi connectivity index (χ4n) is 3.16. The molecule has 0 bridgehead atoms. The highest BCUT2D eigenvalue weighted by Crippen LogP contribution is 2.30. The quantitative estimate of drug-likeness (QED) is 0.851. The van der Waals surface area contributed by atoms with E-state index in [9.17, 15) is 9.59 Å². The average Bonchev–Trinajstić information content (AvgIpc) is 2.66. The molecular weight excluding hydrogens is 344 g/mol. The van der Waals surface area contributed by atoms with Gasteiger partial charge in [-0.1, -0.05) is 18.2 Å². The second kappa shape index (κ2) is 8.68. The highest BCUT2D eigenvalue weighted by molar-refractivity contribution is 5.97. The van der Waals surface area contributed by atoms with E-state index in [1.54, 1.807) is 4.90 Å². The van der Waals surface area contributed by atoms with Gasteiger partial charge in [-0.25, -0.2) is 0 Å². The number of rotatable bonds is 6. The summed E-state index contributed by atoms with van der Waals surface area (Å²) in [5.41, 5.74) is 3.65. The summed E-state index contributed by atoms with van der Waals surface area (Å²) in [6.45, 7) is 2.59. The van der Waals surface area contributed by atoms with E-state index < -0.39 is 0 Å². The van der Waals surface area contributed by atoms with Gasteiger partial charge in [-0.3, -0.25) is 9.59 Å². The standard InChI is InChI=1S/C21H24N2O4/c1-15-5-3-7-18(11-15)27-13-20(24)22-17-9-8-16-6-4-10-23(19(16)12-17)21(25)14-26-2/h3,5,7-9,11-12H,4,6,10,13-14H2,1-2H3,(H,22,24). The Morgan fingerprint density at radius 3 is 2.78 bits per heavy atom. The highest BCUT2D eigenvalue weighted by Gasteiger charge is 2.22. The molecule has 0 aliphatic carbocycles. The van der Waals surface area contributed by atoms with Gasteiger partial charge in [0.05, 0.1) is 0 Å². The monoisotopic (exact) mass is 368 g/mol. The van der Waals surface area contributed by atoms with E-state index >= 15 is 0 Å². The number of aryl methyl sites for hydroxylation is 2. The lowest BCUT2D eigenvalue weighted by molar-refractivity contribution is -0.122. The summed E-state index contributed by atoms with van der Waals surface area (Å²) in [5, 5.41) is 2.84. The second-order valence-electron chi connectivity index (χ2n) is 6.58. The molecule has 2 aromatic rings. The molecule has 1 heterocycles. The zero-order valence-corrected chi connectivity index (χ0v) is 15.7. The Labute approximate surface area is 159 Å². The lowest BCUT2D eigenvalue weighted by Gasteiger charge is -2.29. The van der Waals surface area contributed by atoms with Crippen molar-refractivity contribution < 1.29 is 19.1 Å². The molecule has 1 N–H and O–H groups in total. The maximum absolute atomic E-state index is 12.3. The van der Waals surface area contributed by atoms with Gasteiger partial charge in [0.15, 0.2) is 6.61 Å². The van der Waals surface area contributed by atoms with Crippen LogP contribution >= 0.6 is 0 Å². The molecule has 0 radical (unpaired) electrons. The number of amides is 2. The van der Waals surface area contributed by atoms with Crippen LogP contribution in [-0.4, -0.2) is 38.7 Å². The maximum Gasteiger partial charge on any atom is 0.262 e. The van der Waals surface area contributed by atoms with E-state index in [-0.39, 0.29) is 25.0 Å². The Balaban J connectivity index is 1.66. The van der Waals surface area contributed by atoms with E-state index in [1.807, 2.05) is 49.4 Å². The first-order chi connectivity index (χ1) is 13.1. The third kappa shape index (κ3) is 4.86. The summed E-state index contributed by atoms with van der Waals surface area (Å²) in [6.07, 6.45) is 1.83. The average molecular weight is 368 g/mol. The molecule has 1 aliphatic rings. The number of hydrogen-bond donors (Lipinski definition) is 1. The number of carbonyl (C=O) groups excluding carboxylic acids is 2. The molecule has 27 heavy (non-hydrogen) atoms. The zero-order chi connectivity index (χ0) is 19.2. The Bertz CT molecular complexity index is 835. The van der Waals surface area contributed by atoms with Crippen molar-refractivity contribution in [2.24, 2.45) is 0 Å². The summed E-state index contributed by atoms with van der Waals surface area (Å²) in [5.74, 6) is 0.332. The van der Waals surface area contributed by atoms with Gasteiger partial charge in [0.2, 0.25) is 0 Å². The summed E-state index contributed by atoms with van der Waals surface area (Å²) in [6, 6.07) is 13.2. The highest BCUT2D eigenvalue weighted by atomic mass is 16.5. The van der Waals surface area contributed by atoms with Crippen LogP contribution in [0.3, 0.4) is 0 Å². The van der Waals surface area contributed by atoms with Crippen molar-refractivity contribution in [1.29, 1.82) is 0 Å². The van der Waals surface area contributed by atoms with Crippen molar-refractivity contribution in [3.05, 3.63) is 53.6 Å². The predicted octanol–water partition coefficient (Wildman–Crippen LogP) is 2.94. The SMILES string of the molecule is COCC(=O)N1CCCc2ccc(NC(=O)COc3cccc(C)c3)cc21. The topological polar surface area (TPSA) is 67.9 Å². The van der Waals surface area contributed by atoms with Gasteiger partial charge in [-0.15, -0.1) is 0 Å². The van der Waals surface area contributed by atoms with Crippen molar-refractivity contribution >= 4 is 23.2 Å². The van der Waals surface area contributed by atoms with Crippen LogP contribution in [0, 0.1) is 6.92 Å². The number of anilines is 2. The maximum atomic E-state index is 12.3. The molecule has 3 rings (SSSR count). The summed E-state index contributed by atoms with van der Waals surface area (Å²) in [4.78, 5) is 26.2. The van der Waals surface area contributed by atoms with Gasteiger partial charge >= 0.3 is 0 Å². The molecule has 0 aromatic heterocycles. The van der Waals surface area contributed by atoms with Gasteiger partial charge in [0.1, 0.15) is 12.4 Å². The van der Waals surface area contributed by atoms with Gasteiger partial charge in [-0.2, -0.15) is 0 Å². The molecule has 142 valence electrons. The number of hydrogen-bond acceptors (Lipinski definition) is 4. The first kappa shape index (κ1) is 18.9. The van der Waals surface area contributed by atoms with Gasteiger partial charge in [-0.05, 0) is 55.2 Å². The molecular formula is C21H24N2O4. The number of ether oxygens (including phenoxy) is 2. The van der Waals surface area contributed by atoms with E-state index in [0.717, 1.165) is 29.7 Å². The molecule has 2 aromatic carbocycles. The number of benzene rings is 2. The molecule has 0 saturated heterocycles. The van der Waals surface area contributed by atoms with Crippen molar-refractivity contribution in [2.45, 2.75) is 19.8 Å². The number of nitrogens with zero attached hydrogens (tertiary/aromatic N) is 1. The first-order valence-corrected chi connectivity index (χ1v) is 8.98. The van der Waals surface area contributed by atoms with Gasteiger partial charge in [0, 0.05) is 25.0 Å². The van der Waals surface area contributed by atoms with Crippen LogP contribution in [-0.2, 0) is 20.7 Å². The predicted molar refractivity (Wildman–Crippen MR) is 104 cm³/mol. The Kier molecular flexibility index (Phi) is 6.08. The fraction of sp³-hybridized carbons (Fsp3) is 0.333. The molecule has 0 fully saturated rings.